The highest BCUT2D eigenvalue weighted by Gasteiger charge is 2.27. The van der Waals surface area contributed by atoms with E-state index in [1.807, 2.05) is 0 Å². The lowest BCUT2D eigenvalue weighted by Gasteiger charge is -2.34. The van der Waals surface area contributed by atoms with Gasteiger partial charge in [0.1, 0.15) is 9.84 Å². The Morgan fingerprint density at radius 3 is 2.26 bits per heavy atom. The molecule has 1 atom stereocenters. The van der Waals surface area contributed by atoms with Gasteiger partial charge in [-0.1, -0.05) is 33.1 Å². The summed E-state index contributed by atoms with van der Waals surface area (Å²) < 4.78 is 22.7. The van der Waals surface area contributed by atoms with E-state index in [-0.39, 0.29) is 0 Å². The molecular formula is C15H31NO2S. The highest BCUT2D eigenvalue weighted by molar-refractivity contribution is 7.90. The zero-order chi connectivity index (χ0) is 14.3. The molecule has 0 aliphatic heterocycles. The molecule has 1 aliphatic carbocycles. The van der Waals surface area contributed by atoms with Gasteiger partial charge in [0.2, 0.25) is 0 Å². The standard InChI is InChI=1S/C15H31NO2S/c1-4-11-16-15(10-12-19(3,17)18)14-8-6-13(5-2)7-9-14/h13-16H,4-12H2,1-3H3. The Hall–Kier alpha value is -0.0900. The lowest BCUT2D eigenvalue weighted by molar-refractivity contribution is 0.214. The van der Waals surface area contributed by atoms with Crippen molar-refractivity contribution < 1.29 is 8.42 Å². The molecule has 1 fully saturated rings. The molecule has 1 rings (SSSR count). The third-order valence-electron chi connectivity index (χ3n) is 4.49. The van der Waals surface area contributed by atoms with Crippen LogP contribution >= 0.6 is 0 Å². The van der Waals surface area contributed by atoms with Crippen LogP contribution in [0.1, 0.15) is 58.8 Å². The first-order valence-corrected chi connectivity index (χ1v) is 9.93. The summed E-state index contributed by atoms with van der Waals surface area (Å²) in [5, 5.41) is 3.58. The molecule has 0 bridgehead atoms. The first-order chi connectivity index (χ1) is 8.96. The maximum absolute atomic E-state index is 11.4. The van der Waals surface area contributed by atoms with E-state index in [0.29, 0.717) is 17.7 Å². The Morgan fingerprint density at radius 1 is 1.16 bits per heavy atom. The third kappa shape index (κ3) is 6.75. The van der Waals surface area contributed by atoms with Crippen molar-refractivity contribution in [3.8, 4) is 0 Å². The van der Waals surface area contributed by atoms with Crippen molar-refractivity contribution in [1.29, 1.82) is 0 Å². The van der Waals surface area contributed by atoms with E-state index in [2.05, 4.69) is 19.2 Å². The lowest BCUT2D eigenvalue weighted by Crippen LogP contribution is -2.39. The number of hydrogen-bond acceptors (Lipinski definition) is 3. The van der Waals surface area contributed by atoms with Crippen molar-refractivity contribution >= 4 is 9.84 Å². The fraction of sp³-hybridized carbons (Fsp3) is 1.00. The summed E-state index contributed by atoms with van der Waals surface area (Å²) in [7, 11) is -2.84. The van der Waals surface area contributed by atoms with Crippen molar-refractivity contribution in [2.45, 2.75) is 64.8 Å². The van der Waals surface area contributed by atoms with Crippen LogP contribution in [0.25, 0.3) is 0 Å². The summed E-state index contributed by atoms with van der Waals surface area (Å²) >= 11 is 0. The minimum Gasteiger partial charge on any atom is -0.314 e. The van der Waals surface area contributed by atoms with Crippen LogP contribution in [0.15, 0.2) is 0 Å². The molecule has 1 N–H and O–H groups in total. The monoisotopic (exact) mass is 289 g/mol. The Kier molecular flexibility index (Phi) is 7.37. The quantitative estimate of drug-likeness (QED) is 0.747. The first-order valence-electron chi connectivity index (χ1n) is 7.87. The van der Waals surface area contributed by atoms with Crippen LogP contribution < -0.4 is 5.32 Å². The number of hydrogen-bond donors (Lipinski definition) is 1. The highest BCUT2D eigenvalue weighted by Crippen LogP contribution is 2.33. The molecule has 0 spiro atoms. The van der Waals surface area contributed by atoms with Crippen LogP contribution in [0.4, 0.5) is 0 Å². The van der Waals surface area contributed by atoms with Gasteiger partial charge in [0.15, 0.2) is 0 Å². The van der Waals surface area contributed by atoms with E-state index >= 15 is 0 Å². The van der Waals surface area contributed by atoms with Crippen molar-refractivity contribution in [1.82, 2.24) is 5.32 Å². The van der Waals surface area contributed by atoms with E-state index < -0.39 is 9.84 Å². The summed E-state index contributed by atoms with van der Waals surface area (Å²) in [5.74, 6) is 1.90. The average Bonchev–Trinajstić information content (AvgIpc) is 2.38. The van der Waals surface area contributed by atoms with E-state index in [9.17, 15) is 8.42 Å². The van der Waals surface area contributed by atoms with Gasteiger partial charge >= 0.3 is 0 Å². The van der Waals surface area contributed by atoms with E-state index in [0.717, 1.165) is 25.3 Å². The van der Waals surface area contributed by atoms with Crippen LogP contribution in [0.3, 0.4) is 0 Å². The summed E-state index contributed by atoms with van der Waals surface area (Å²) in [6, 6.07) is 0.396. The van der Waals surface area contributed by atoms with Crippen molar-refractivity contribution in [2.24, 2.45) is 11.8 Å². The lowest BCUT2D eigenvalue weighted by atomic mass is 9.77. The maximum atomic E-state index is 11.4. The summed E-state index contributed by atoms with van der Waals surface area (Å²) in [6.07, 6.45) is 9.71. The summed E-state index contributed by atoms with van der Waals surface area (Å²) in [5.41, 5.74) is 0. The molecule has 0 aromatic heterocycles. The molecule has 19 heavy (non-hydrogen) atoms. The van der Waals surface area contributed by atoms with Crippen molar-refractivity contribution in [3.63, 3.8) is 0 Å². The van der Waals surface area contributed by atoms with E-state index in [1.165, 1.54) is 38.4 Å². The van der Waals surface area contributed by atoms with Gasteiger partial charge in [-0.3, -0.25) is 0 Å². The third-order valence-corrected chi connectivity index (χ3v) is 5.47. The Balaban J connectivity index is 2.48. The van der Waals surface area contributed by atoms with Gasteiger partial charge in [-0.05, 0) is 44.1 Å². The van der Waals surface area contributed by atoms with Gasteiger partial charge in [0.05, 0.1) is 5.75 Å². The molecule has 3 nitrogen and oxygen atoms in total. The molecule has 0 aromatic carbocycles. The molecule has 0 heterocycles. The Morgan fingerprint density at radius 2 is 1.79 bits per heavy atom. The SMILES string of the molecule is CCCNC(CCS(C)(=O)=O)C1CCC(CC)CC1. The topological polar surface area (TPSA) is 46.2 Å². The molecule has 0 aromatic rings. The van der Waals surface area contributed by atoms with Gasteiger partial charge in [-0.2, -0.15) is 0 Å². The Labute approximate surface area is 119 Å². The Bertz CT molecular complexity index is 332. The molecule has 1 saturated carbocycles. The zero-order valence-electron chi connectivity index (χ0n) is 12.8. The van der Waals surface area contributed by atoms with Crippen LogP contribution in [-0.4, -0.2) is 33.0 Å². The smallest absolute Gasteiger partial charge is 0.147 e. The predicted octanol–water partition coefficient (Wildman–Crippen LogP) is 3.01. The molecule has 1 aliphatic rings. The second-order valence-corrected chi connectivity index (χ2v) is 8.43. The molecule has 1 unspecified atom stereocenters. The largest absolute Gasteiger partial charge is 0.314 e. The van der Waals surface area contributed by atoms with Gasteiger partial charge in [0.25, 0.3) is 0 Å². The van der Waals surface area contributed by atoms with Gasteiger partial charge in [-0.25, -0.2) is 8.42 Å². The number of rotatable bonds is 8. The van der Waals surface area contributed by atoms with Crippen LogP contribution in [0.2, 0.25) is 0 Å². The molecule has 114 valence electrons. The molecule has 0 saturated heterocycles. The predicted molar refractivity (Wildman–Crippen MR) is 82.1 cm³/mol. The van der Waals surface area contributed by atoms with Crippen molar-refractivity contribution in [3.05, 3.63) is 0 Å². The van der Waals surface area contributed by atoms with E-state index in [4.69, 9.17) is 0 Å². The molecular weight excluding hydrogens is 258 g/mol. The highest BCUT2D eigenvalue weighted by atomic mass is 32.2. The minimum absolute atomic E-state index is 0.322. The summed E-state index contributed by atoms with van der Waals surface area (Å²) in [4.78, 5) is 0. The molecule has 0 radical (unpaired) electrons. The van der Waals surface area contributed by atoms with Crippen LogP contribution in [-0.2, 0) is 9.84 Å². The summed E-state index contributed by atoms with van der Waals surface area (Å²) in [6.45, 7) is 5.44. The van der Waals surface area contributed by atoms with Gasteiger partial charge in [-0.15, -0.1) is 0 Å². The fourth-order valence-electron chi connectivity index (χ4n) is 3.17. The number of nitrogens with one attached hydrogen (secondary N) is 1. The van der Waals surface area contributed by atoms with Crippen molar-refractivity contribution in [2.75, 3.05) is 18.6 Å². The second kappa shape index (κ2) is 8.25. The first kappa shape index (κ1) is 17.0. The van der Waals surface area contributed by atoms with Crippen LogP contribution in [0, 0.1) is 11.8 Å². The second-order valence-electron chi connectivity index (χ2n) is 6.17. The fourth-order valence-corrected chi connectivity index (χ4v) is 3.86. The van der Waals surface area contributed by atoms with E-state index in [1.54, 1.807) is 0 Å². The minimum atomic E-state index is -2.84. The molecule has 4 heteroatoms. The van der Waals surface area contributed by atoms with Gasteiger partial charge in [0, 0.05) is 12.3 Å². The average molecular weight is 289 g/mol. The molecule has 0 amide bonds. The van der Waals surface area contributed by atoms with Gasteiger partial charge < -0.3 is 5.32 Å². The maximum Gasteiger partial charge on any atom is 0.147 e. The number of sulfone groups is 1. The van der Waals surface area contributed by atoms with Crippen LogP contribution in [0.5, 0.6) is 0 Å². The zero-order valence-corrected chi connectivity index (χ0v) is 13.6. The normalized spacial score (nSPS) is 26.3.